The summed E-state index contributed by atoms with van der Waals surface area (Å²) in [4.78, 5) is 15.6. The SMILES string of the molecule is CCCNC(=O)c1noc(-c2cc(-c3ccc(C)cc3)c(O)cc2O)c1-c1ccc(CN2CCCCC2)cc1. The second-order valence-corrected chi connectivity index (χ2v) is 10.3. The third kappa shape index (κ3) is 5.83. The molecule has 1 amide bonds. The number of aromatic nitrogens is 1. The van der Waals surface area contributed by atoms with Crippen LogP contribution in [0, 0.1) is 6.92 Å². The van der Waals surface area contributed by atoms with E-state index in [1.54, 1.807) is 6.07 Å². The minimum atomic E-state index is -0.337. The van der Waals surface area contributed by atoms with Gasteiger partial charge in [0.2, 0.25) is 0 Å². The molecule has 0 bridgehead atoms. The molecule has 1 aliphatic rings. The van der Waals surface area contributed by atoms with Gasteiger partial charge in [0.05, 0.1) is 11.1 Å². The molecule has 1 saturated heterocycles. The molecule has 39 heavy (non-hydrogen) atoms. The average molecular weight is 526 g/mol. The van der Waals surface area contributed by atoms with Crippen molar-refractivity contribution in [2.45, 2.75) is 46.1 Å². The summed E-state index contributed by atoms with van der Waals surface area (Å²) < 4.78 is 5.76. The van der Waals surface area contributed by atoms with Gasteiger partial charge in [-0.3, -0.25) is 9.69 Å². The van der Waals surface area contributed by atoms with Crippen LogP contribution in [0.25, 0.3) is 33.6 Å². The molecule has 3 N–H and O–H groups in total. The van der Waals surface area contributed by atoms with E-state index in [1.807, 2.05) is 50.2 Å². The van der Waals surface area contributed by atoms with E-state index >= 15 is 0 Å². The highest BCUT2D eigenvalue weighted by atomic mass is 16.5. The molecule has 0 atom stereocenters. The van der Waals surface area contributed by atoms with E-state index in [0.29, 0.717) is 23.2 Å². The van der Waals surface area contributed by atoms with Gasteiger partial charge in [-0.05, 0) is 62.0 Å². The molecular weight excluding hydrogens is 490 g/mol. The second kappa shape index (κ2) is 11.7. The molecule has 0 saturated carbocycles. The lowest BCUT2D eigenvalue weighted by atomic mass is 9.94. The van der Waals surface area contributed by atoms with Gasteiger partial charge in [0.25, 0.3) is 5.91 Å². The smallest absolute Gasteiger partial charge is 0.274 e. The van der Waals surface area contributed by atoms with Gasteiger partial charge in [-0.25, -0.2) is 0 Å². The van der Waals surface area contributed by atoms with Gasteiger partial charge in [0, 0.05) is 24.7 Å². The van der Waals surface area contributed by atoms with Gasteiger partial charge in [0.15, 0.2) is 11.5 Å². The van der Waals surface area contributed by atoms with Crippen molar-refractivity contribution in [3.63, 3.8) is 0 Å². The fourth-order valence-electron chi connectivity index (χ4n) is 5.09. The lowest BCUT2D eigenvalue weighted by Crippen LogP contribution is -2.29. The minimum Gasteiger partial charge on any atom is -0.507 e. The number of nitrogens with one attached hydrogen (secondary N) is 1. The van der Waals surface area contributed by atoms with Crippen LogP contribution in [0.4, 0.5) is 0 Å². The Morgan fingerprint density at radius 1 is 0.923 bits per heavy atom. The van der Waals surface area contributed by atoms with E-state index in [9.17, 15) is 15.0 Å². The van der Waals surface area contributed by atoms with E-state index in [0.717, 1.165) is 42.7 Å². The molecule has 202 valence electrons. The first-order chi connectivity index (χ1) is 18.9. The van der Waals surface area contributed by atoms with E-state index in [2.05, 4.69) is 27.5 Å². The third-order valence-corrected chi connectivity index (χ3v) is 7.26. The van der Waals surface area contributed by atoms with Gasteiger partial charge in [-0.2, -0.15) is 0 Å². The van der Waals surface area contributed by atoms with Crippen LogP contribution in [0.5, 0.6) is 11.5 Å². The predicted molar refractivity (Wildman–Crippen MR) is 153 cm³/mol. The summed E-state index contributed by atoms with van der Waals surface area (Å²) in [6.45, 7) is 7.61. The Morgan fingerprint density at radius 3 is 2.28 bits per heavy atom. The van der Waals surface area contributed by atoms with Crippen LogP contribution in [-0.4, -0.2) is 45.8 Å². The lowest BCUT2D eigenvalue weighted by Gasteiger charge is -2.26. The summed E-state index contributed by atoms with van der Waals surface area (Å²) in [5.74, 6) is -0.283. The molecule has 0 radical (unpaired) electrons. The number of phenolic OH excluding ortho intramolecular Hbond substituents is 2. The zero-order chi connectivity index (χ0) is 27.4. The fraction of sp³-hybridized carbons (Fsp3) is 0.312. The molecule has 3 aromatic carbocycles. The van der Waals surface area contributed by atoms with Crippen molar-refractivity contribution in [2.75, 3.05) is 19.6 Å². The third-order valence-electron chi connectivity index (χ3n) is 7.26. The molecule has 0 aliphatic carbocycles. The number of phenols is 2. The highest BCUT2D eigenvalue weighted by molar-refractivity contribution is 6.03. The zero-order valence-electron chi connectivity index (χ0n) is 22.5. The quantitative estimate of drug-likeness (QED) is 0.242. The van der Waals surface area contributed by atoms with Gasteiger partial charge >= 0.3 is 0 Å². The number of likely N-dealkylation sites (tertiary alicyclic amines) is 1. The number of carbonyl (C=O) groups excluding carboxylic acids is 1. The van der Waals surface area contributed by atoms with Gasteiger partial charge in [-0.15, -0.1) is 0 Å². The molecule has 2 heterocycles. The predicted octanol–water partition coefficient (Wildman–Crippen LogP) is 6.52. The van der Waals surface area contributed by atoms with Crippen LogP contribution >= 0.6 is 0 Å². The monoisotopic (exact) mass is 525 g/mol. The van der Waals surface area contributed by atoms with Crippen LogP contribution in [0.3, 0.4) is 0 Å². The maximum atomic E-state index is 13.1. The van der Waals surface area contributed by atoms with Crippen LogP contribution in [0.1, 0.15) is 54.2 Å². The summed E-state index contributed by atoms with van der Waals surface area (Å²) >= 11 is 0. The standard InChI is InChI=1S/C32H35N3O4/c1-3-15-33-32(38)30-29(24-13-9-22(10-14-24)20-35-16-5-4-6-17-35)31(39-34-30)26-18-25(27(36)19-28(26)37)23-11-7-21(2)8-12-23/h7-14,18-19,36-37H,3-6,15-17,20H2,1-2H3,(H,33,38). The molecule has 1 fully saturated rings. The largest absolute Gasteiger partial charge is 0.507 e. The molecule has 1 aliphatic heterocycles. The number of carbonyl (C=O) groups is 1. The van der Waals surface area contributed by atoms with E-state index in [1.165, 1.54) is 30.9 Å². The van der Waals surface area contributed by atoms with Crippen LogP contribution < -0.4 is 5.32 Å². The van der Waals surface area contributed by atoms with Crippen LogP contribution in [-0.2, 0) is 6.54 Å². The van der Waals surface area contributed by atoms with Crippen molar-refractivity contribution in [2.24, 2.45) is 0 Å². The number of hydrogen-bond donors (Lipinski definition) is 3. The number of nitrogens with zero attached hydrogens (tertiary/aromatic N) is 2. The molecule has 7 nitrogen and oxygen atoms in total. The van der Waals surface area contributed by atoms with E-state index in [-0.39, 0.29) is 28.9 Å². The van der Waals surface area contributed by atoms with E-state index < -0.39 is 0 Å². The molecule has 4 aromatic rings. The normalized spacial score (nSPS) is 13.9. The first-order valence-corrected chi connectivity index (χ1v) is 13.7. The summed E-state index contributed by atoms with van der Waals surface area (Å²) in [7, 11) is 0. The Hall–Kier alpha value is -4.10. The molecule has 0 unspecified atom stereocenters. The minimum absolute atomic E-state index is 0.0517. The van der Waals surface area contributed by atoms with Crippen LogP contribution in [0.2, 0.25) is 0 Å². The number of piperidine rings is 1. The van der Waals surface area contributed by atoms with Crippen molar-refractivity contribution in [3.05, 3.63) is 77.5 Å². The highest BCUT2D eigenvalue weighted by Gasteiger charge is 2.27. The van der Waals surface area contributed by atoms with Crippen molar-refractivity contribution >= 4 is 5.91 Å². The van der Waals surface area contributed by atoms with Crippen LogP contribution in [0.15, 0.2) is 65.2 Å². The Bertz CT molecular complexity index is 1440. The first-order valence-electron chi connectivity index (χ1n) is 13.7. The fourth-order valence-corrected chi connectivity index (χ4v) is 5.09. The number of aromatic hydroxyl groups is 2. The Kier molecular flexibility index (Phi) is 7.98. The first kappa shape index (κ1) is 26.5. The Morgan fingerprint density at radius 2 is 1.59 bits per heavy atom. The summed E-state index contributed by atoms with van der Waals surface area (Å²) in [5.41, 5.74) is 5.40. The summed E-state index contributed by atoms with van der Waals surface area (Å²) in [6.07, 6.45) is 4.55. The van der Waals surface area contributed by atoms with Crippen molar-refractivity contribution in [3.8, 4) is 45.1 Å². The van der Waals surface area contributed by atoms with Gasteiger partial charge < -0.3 is 20.1 Å². The van der Waals surface area contributed by atoms with Crippen molar-refractivity contribution in [1.29, 1.82) is 0 Å². The summed E-state index contributed by atoms with van der Waals surface area (Å²) in [5, 5.41) is 28.6. The number of aryl methyl sites for hydroxylation is 1. The molecule has 1 aromatic heterocycles. The maximum absolute atomic E-state index is 13.1. The summed E-state index contributed by atoms with van der Waals surface area (Å²) in [6, 6.07) is 18.8. The van der Waals surface area contributed by atoms with Gasteiger partial charge in [-0.1, -0.05) is 72.6 Å². The number of amides is 1. The zero-order valence-corrected chi connectivity index (χ0v) is 22.5. The second-order valence-electron chi connectivity index (χ2n) is 10.3. The molecule has 5 rings (SSSR count). The maximum Gasteiger partial charge on any atom is 0.274 e. The Labute approximate surface area is 229 Å². The average Bonchev–Trinajstić information content (AvgIpc) is 3.38. The Balaban J connectivity index is 1.57. The topological polar surface area (TPSA) is 98.8 Å². The number of benzene rings is 3. The lowest BCUT2D eigenvalue weighted by molar-refractivity contribution is 0.0945. The molecule has 0 spiro atoms. The molecule has 7 heteroatoms. The number of rotatable bonds is 8. The van der Waals surface area contributed by atoms with Crippen molar-refractivity contribution < 1.29 is 19.5 Å². The van der Waals surface area contributed by atoms with E-state index in [4.69, 9.17) is 4.52 Å². The highest BCUT2D eigenvalue weighted by Crippen LogP contribution is 2.44. The van der Waals surface area contributed by atoms with Gasteiger partial charge in [0.1, 0.15) is 11.5 Å². The number of hydrogen-bond acceptors (Lipinski definition) is 6. The molecular formula is C32H35N3O4. The van der Waals surface area contributed by atoms with Crippen molar-refractivity contribution in [1.82, 2.24) is 15.4 Å².